The van der Waals surface area contributed by atoms with Crippen molar-refractivity contribution in [1.82, 2.24) is 0 Å². The molecule has 2 N–H and O–H groups in total. The highest BCUT2D eigenvalue weighted by atomic mass is 32.2. The molecule has 1 aromatic carbocycles. The molecule has 19 heavy (non-hydrogen) atoms. The fourth-order valence-electron chi connectivity index (χ4n) is 1.44. The third kappa shape index (κ3) is 4.82. The standard InChI is InChI=1S/C13H17NO4S/c1-18-12-7-9(3-4-11(12)15)8-14-10(13(16)17)5-6-19-2/h3-4,7-8,10,15H,5-6H2,1-2H3,(H,16,17). The normalized spacial score (nSPS) is 12.5. The van der Waals surface area contributed by atoms with Gasteiger partial charge in [0.2, 0.25) is 0 Å². The molecule has 0 aliphatic heterocycles. The van der Waals surface area contributed by atoms with Crippen molar-refractivity contribution < 1.29 is 19.7 Å². The molecule has 0 saturated carbocycles. The number of carbonyl (C=O) groups is 1. The number of nitrogens with zero attached hydrogens (tertiary/aromatic N) is 1. The molecule has 0 saturated heterocycles. The number of aliphatic carboxylic acids is 1. The van der Waals surface area contributed by atoms with Crippen molar-refractivity contribution in [3.63, 3.8) is 0 Å². The average molecular weight is 283 g/mol. The first-order valence-corrected chi connectivity index (χ1v) is 7.09. The smallest absolute Gasteiger partial charge is 0.328 e. The summed E-state index contributed by atoms with van der Waals surface area (Å²) in [5.41, 5.74) is 0.685. The van der Waals surface area contributed by atoms with Crippen molar-refractivity contribution in [2.45, 2.75) is 12.5 Å². The van der Waals surface area contributed by atoms with E-state index in [1.165, 1.54) is 19.4 Å². The molecular weight excluding hydrogens is 266 g/mol. The van der Waals surface area contributed by atoms with Crippen LogP contribution in [0.25, 0.3) is 0 Å². The van der Waals surface area contributed by atoms with Gasteiger partial charge in [-0.1, -0.05) is 0 Å². The zero-order valence-corrected chi connectivity index (χ0v) is 11.7. The Labute approximate surface area is 116 Å². The molecule has 0 radical (unpaired) electrons. The molecule has 0 spiro atoms. The molecular formula is C13H17NO4S. The molecule has 104 valence electrons. The molecule has 1 rings (SSSR count). The van der Waals surface area contributed by atoms with E-state index in [-0.39, 0.29) is 5.75 Å². The summed E-state index contributed by atoms with van der Waals surface area (Å²) in [7, 11) is 1.45. The Bertz CT molecular complexity index is 462. The summed E-state index contributed by atoms with van der Waals surface area (Å²) in [6.07, 6.45) is 3.90. The number of ether oxygens (including phenoxy) is 1. The lowest BCUT2D eigenvalue weighted by Crippen LogP contribution is -2.18. The molecule has 1 aromatic rings. The highest BCUT2D eigenvalue weighted by Gasteiger charge is 2.14. The quantitative estimate of drug-likeness (QED) is 0.748. The number of phenolic OH excluding ortho intramolecular Hbond substituents is 1. The zero-order chi connectivity index (χ0) is 14.3. The number of rotatable bonds is 7. The van der Waals surface area contributed by atoms with Crippen LogP contribution in [0.3, 0.4) is 0 Å². The van der Waals surface area contributed by atoms with Crippen LogP contribution in [0.15, 0.2) is 23.2 Å². The minimum atomic E-state index is -0.934. The number of methoxy groups -OCH3 is 1. The zero-order valence-electron chi connectivity index (χ0n) is 10.9. The van der Waals surface area contributed by atoms with Gasteiger partial charge in [0.1, 0.15) is 6.04 Å². The van der Waals surface area contributed by atoms with Crippen LogP contribution in [0.2, 0.25) is 0 Å². The molecule has 5 nitrogen and oxygen atoms in total. The summed E-state index contributed by atoms with van der Waals surface area (Å²) in [4.78, 5) is 15.1. The Morgan fingerprint density at radius 1 is 1.58 bits per heavy atom. The van der Waals surface area contributed by atoms with Gasteiger partial charge in [0.05, 0.1) is 7.11 Å². The predicted molar refractivity (Wildman–Crippen MR) is 76.7 cm³/mol. The van der Waals surface area contributed by atoms with Gasteiger partial charge in [-0.3, -0.25) is 4.99 Å². The summed E-state index contributed by atoms with van der Waals surface area (Å²) < 4.78 is 4.97. The fraction of sp³-hybridized carbons (Fsp3) is 0.385. The van der Waals surface area contributed by atoms with Crippen molar-refractivity contribution >= 4 is 23.9 Å². The molecule has 0 amide bonds. The maximum atomic E-state index is 11.0. The molecule has 1 unspecified atom stereocenters. The van der Waals surface area contributed by atoms with E-state index in [1.54, 1.807) is 23.9 Å². The minimum absolute atomic E-state index is 0.0387. The predicted octanol–water partition coefficient (Wildman–Crippen LogP) is 2.03. The number of thioether (sulfide) groups is 1. The van der Waals surface area contributed by atoms with E-state index in [2.05, 4.69) is 4.99 Å². The first-order chi connectivity index (χ1) is 9.08. The monoisotopic (exact) mass is 283 g/mol. The Balaban J connectivity index is 2.80. The summed E-state index contributed by atoms with van der Waals surface area (Å²) in [6.45, 7) is 0. The molecule has 1 atom stereocenters. The second-order valence-corrected chi connectivity index (χ2v) is 4.83. The van der Waals surface area contributed by atoms with Gasteiger partial charge in [0.25, 0.3) is 0 Å². The lowest BCUT2D eigenvalue weighted by molar-refractivity contribution is -0.138. The molecule has 0 bridgehead atoms. The lowest BCUT2D eigenvalue weighted by Gasteiger charge is -2.06. The number of phenols is 1. The molecule has 0 aliphatic carbocycles. The Hall–Kier alpha value is -1.69. The van der Waals surface area contributed by atoms with E-state index < -0.39 is 12.0 Å². The largest absolute Gasteiger partial charge is 0.504 e. The average Bonchev–Trinajstić information content (AvgIpc) is 2.40. The number of aliphatic imine (C=N–C) groups is 1. The Morgan fingerprint density at radius 3 is 2.89 bits per heavy atom. The van der Waals surface area contributed by atoms with E-state index in [4.69, 9.17) is 9.84 Å². The first kappa shape index (κ1) is 15.4. The number of carboxylic acid groups (broad SMARTS) is 1. The third-order valence-electron chi connectivity index (χ3n) is 2.49. The van der Waals surface area contributed by atoms with Crippen LogP contribution in [-0.4, -0.2) is 47.6 Å². The van der Waals surface area contributed by atoms with Crippen molar-refractivity contribution in [2.24, 2.45) is 4.99 Å². The minimum Gasteiger partial charge on any atom is -0.504 e. The Kier molecular flexibility index (Phi) is 6.21. The van der Waals surface area contributed by atoms with Gasteiger partial charge in [-0.2, -0.15) is 11.8 Å². The second kappa shape index (κ2) is 7.68. The van der Waals surface area contributed by atoms with Crippen LogP contribution >= 0.6 is 11.8 Å². The van der Waals surface area contributed by atoms with E-state index in [0.717, 1.165) is 5.75 Å². The number of aromatic hydroxyl groups is 1. The number of hydrogen-bond donors (Lipinski definition) is 2. The van der Waals surface area contributed by atoms with E-state index in [0.29, 0.717) is 17.7 Å². The van der Waals surface area contributed by atoms with Gasteiger partial charge < -0.3 is 14.9 Å². The lowest BCUT2D eigenvalue weighted by atomic mass is 10.2. The van der Waals surface area contributed by atoms with Gasteiger partial charge >= 0.3 is 5.97 Å². The topological polar surface area (TPSA) is 79.1 Å². The summed E-state index contributed by atoms with van der Waals surface area (Å²) >= 11 is 1.59. The van der Waals surface area contributed by atoms with Crippen LogP contribution in [0.5, 0.6) is 11.5 Å². The van der Waals surface area contributed by atoms with Crippen molar-refractivity contribution in [1.29, 1.82) is 0 Å². The highest BCUT2D eigenvalue weighted by Crippen LogP contribution is 2.25. The fourth-order valence-corrected chi connectivity index (χ4v) is 1.90. The molecule has 0 aromatic heterocycles. The third-order valence-corrected chi connectivity index (χ3v) is 3.13. The Morgan fingerprint density at radius 2 is 2.32 bits per heavy atom. The van der Waals surface area contributed by atoms with Crippen LogP contribution in [0.4, 0.5) is 0 Å². The maximum absolute atomic E-state index is 11.0. The molecule has 0 aliphatic rings. The number of hydrogen-bond acceptors (Lipinski definition) is 5. The van der Waals surface area contributed by atoms with Gasteiger partial charge in [-0.25, -0.2) is 4.79 Å². The number of benzene rings is 1. The van der Waals surface area contributed by atoms with Gasteiger partial charge in [-0.15, -0.1) is 0 Å². The number of carboxylic acids is 1. The SMILES string of the molecule is COc1cc(C=NC(CCSC)C(=O)O)ccc1O. The van der Waals surface area contributed by atoms with Crippen LogP contribution in [-0.2, 0) is 4.79 Å². The molecule has 0 fully saturated rings. The van der Waals surface area contributed by atoms with E-state index in [1.807, 2.05) is 6.26 Å². The van der Waals surface area contributed by atoms with Crippen LogP contribution in [0.1, 0.15) is 12.0 Å². The van der Waals surface area contributed by atoms with Crippen LogP contribution in [0, 0.1) is 0 Å². The summed E-state index contributed by atoms with van der Waals surface area (Å²) in [5.74, 6) is 0.181. The molecule has 0 heterocycles. The van der Waals surface area contributed by atoms with E-state index >= 15 is 0 Å². The highest BCUT2D eigenvalue weighted by molar-refractivity contribution is 7.98. The van der Waals surface area contributed by atoms with Crippen LogP contribution < -0.4 is 4.74 Å². The second-order valence-electron chi connectivity index (χ2n) is 3.84. The van der Waals surface area contributed by atoms with Crippen molar-refractivity contribution in [2.75, 3.05) is 19.1 Å². The van der Waals surface area contributed by atoms with Gasteiger partial charge in [0, 0.05) is 6.21 Å². The van der Waals surface area contributed by atoms with Gasteiger partial charge in [-0.05, 0) is 42.2 Å². The van der Waals surface area contributed by atoms with Crippen molar-refractivity contribution in [3.8, 4) is 11.5 Å². The first-order valence-electron chi connectivity index (χ1n) is 5.70. The van der Waals surface area contributed by atoms with E-state index in [9.17, 15) is 9.90 Å². The molecule has 6 heteroatoms. The van der Waals surface area contributed by atoms with Crippen molar-refractivity contribution in [3.05, 3.63) is 23.8 Å². The maximum Gasteiger partial charge on any atom is 0.328 e. The summed E-state index contributed by atoms with van der Waals surface area (Å²) in [6, 6.07) is 3.99. The summed E-state index contributed by atoms with van der Waals surface area (Å²) in [5, 5.41) is 18.5. The van der Waals surface area contributed by atoms with Gasteiger partial charge in [0.15, 0.2) is 11.5 Å².